The summed E-state index contributed by atoms with van der Waals surface area (Å²) in [5, 5.41) is 37.4. The first-order valence-electron chi connectivity index (χ1n) is 19.3. The van der Waals surface area contributed by atoms with Crippen LogP contribution < -0.4 is 15.6 Å². The molecule has 4 heterocycles. The van der Waals surface area contributed by atoms with Crippen molar-refractivity contribution in [1.29, 1.82) is 0 Å². The number of ether oxygens (including phenoxy) is 2. The fraction of sp³-hybridized carbons (Fsp3) is 0.512. The molecule has 3 aromatic carbocycles. The number of aromatic amines is 1. The molecule has 1 saturated carbocycles. The molecule has 3 saturated heterocycles. The van der Waals surface area contributed by atoms with Crippen LogP contribution in [0.15, 0.2) is 83.7 Å². The van der Waals surface area contributed by atoms with Gasteiger partial charge in [-0.25, -0.2) is 0 Å². The lowest BCUT2D eigenvalue weighted by molar-refractivity contribution is -0.946. The first-order valence-corrected chi connectivity index (χ1v) is 19.3. The van der Waals surface area contributed by atoms with Gasteiger partial charge in [-0.1, -0.05) is 61.4 Å². The van der Waals surface area contributed by atoms with E-state index >= 15 is 0 Å². The summed E-state index contributed by atoms with van der Waals surface area (Å²) in [5.74, 6) is 1.66. The fourth-order valence-corrected chi connectivity index (χ4v) is 9.20. The van der Waals surface area contributed by atoms with Crippen LogP contribution in [0.3, 0.4) is 0 Å². The molecule has 0 spiro atoms. The first kappa shape index (κ1) is 36.6. The summed E-state index contributed by atoms with van der Waals surface area (Å²) < 4.78 is 14.0. The lowest BCUT2D eigenvalue weighted by Crippen LogP contribution is -2.65. The van der Waals surface area contributed by atoms with Crippen LogP contribution in [0.2, 0.25) is 0 Å². The molecular formula is C43H56N3O6+. The van der Waals surface area contributed by atoms with Gasteiger partial charge < -0.3 is 39.6 Å². The number of pyridine rings is 1. The number of aromatic nitrogens is 1. The Bertz CT molecular complexity index is 1850. The van der Waals surface area contributed by atoms with Crippen molar-refractivity contribution in [1.82, 2.24) is 10.3 Å². The maximum absolute atomic E-state index is 12.1. The van der Waals surface area contributed by atoms with Gasteiger partial charge in [0.1, 0.15) is 29.7 Å². The molecule has 2 bridgehead atoms. The Kier molecular flexibility index (Phi) is 10.8. The number of fused-ring (bicyclic) bond motifs is 4. The molecule has 9 heteroatoms. The average Bonchev–Trinajstić information content (AvgIpc) is 3.72. The van der Waals surface area contributed by atoms with Crippen LogP contribution in [-0.4, -0.2) is 76.8 Å². The number of phenolic OH excluding ortho intramolecular Hbond substituents is 1. The molecule has 1 aromatic heterocycles. The third-order valence-electron chi connectivity index (χ3n) is 12.5. The van der Waals surface area contributed by atoms with Crippen LogP contribution in [-0.2, 0) is 15.9 Å². The van der Waals surface area contributed by atoms with Crippen LogP contribution in [0.5, 0.6) is 11.5 Å². The zero-order valence-corrected chi connectivity index (χ0v) is 30.7. The van der Waals surface area contributed by atoms with Gasteiger partial charge in [0, 0.05) is 48.7 Å². The lowest BCUT2D eigenvalue weighted by atomic mass is 9.80. The summed E-state index contributed by atoms with van der Waals surface area (Å²) >= 11 is 0. The summed E-state index contributed by atoms with van der Waals surface area (Å²) in [5.41, 5.74) is 1.37. The summed E-state index contributed by atoms with van der Waals surface area (Å²) in [7, 11) is 0. The molecule has 9 nitrogen and oxygen atoms in total. The minimum absolute atomic E-state index is 0.0268. The maximum Gasteiger partial charge on any atom is 0.248 e. The SMILES string of the molecule is CC(C)(NC[C@H](O)c1ccc(O)c2[nH]c(=O)ccc12)c1ccc(OCCC[N+]23CCC(CC2)[C@@H](OCC(O)(c2ccccc2)C2CCCC2)C3)cc1. The molecule has 0 amide bonds. The van der Waals surface area contributed by atoms with Crippen LogP contribution in [0.4, 0.5) is 0 Å². The quantitative estimate of drug-likeness (QED) is 0.0729. The molecule has 8 rings (SSSR count). The molecule has 3 atom stereocenters. The van der Waals surface area contributed by atoms with E-state index in [0.29, 0.717) is 35.6 Å². The maximum atomic E-state index is 12.1. The van der Waals surface area contributed by atoms with E-state index in [1.807, 2.05) is 30.3 Å². The first-order chi connectivity index (χ1) is 25.1. The Morgan fingerprint density at radius 1 is 0.923 bits per heavy atom. The molecule has 5 N–H and O–H groups in total. The Balaban J connectivity index is 0.891. The van der Waals surface area contributed by atoms with E-state index in [-0.39, 0.29) is 29.9 Å². The summed E-state index contributed by atoms with van der Waals surface area (Å²) in [6.07, 6.45) is 7.20. The highest BCUT2D eigenvalue weighted by Gasteiger charge is 2.48. The minimum Gasteiger partial charge on any atom is -0.506 e. The van der Waals surface area contributed by atoms with Crippen LogP contribution in [0.1, 0.15) is 81.6 Å². The molecule has 1 unspecified atom stereocenters. The number of aliphatic hydroxyl groups excluding tert-OH is 1. The van der Waals surface area contributed by atoms with Gasteiger partial charge in [-0.15, -0.1) is 0 Å². The highest BCUT2D eigenvalue weighted by Crippen LogP contribution is 2.43. The van der Waals surface area contributed by atoms with Crippen molar-refractivity contribution in [2.24, 2.45) is 11.8 Å². The summed E-state index contributed by atoms with van der Waals surface area (Å²) in [6, 6.07) is 24.6. The number of benzene rings is 3. The van der Waals surface area contributed by atoms with Gasteiger partial charge in [0.25, 0.3) is 0 Å². The number of hydrogen-bond donors (Lipinski definition) is 5. The number of aromatic hydroxyl groups is 1. The zero-order valence-electron chi connectivity index (χ0n) is 30.7. The minimum atomic E-state index is -0.919. The molecule has 4 fully saturated rings. The van der Waals surface area contributed by atoms with E-state index in [9.17, 15) is 20.1 Å². The molecule has 52 heavy (non-hydrogen) atoms. The van der Waals surface area contributed by atoms with Crippen molar-refractivity contribution < 1.29 is 29.3 Å². The van der Waals surface area contributed by atoms with Crippen molar-refractivity contribution >= 4 is 10.9 Å². The standard InChI is InChI=1S/C43H55N3O6/c1-42(2,44-27-38(48)35-17-19-37(47)41-36(35)18-20-40(49)45-41)31-13-15-34(16-14-31)51-26-8-23-46-24-21-30(22-25-46)39(28-46)52-29-43(50,33-11-6-7-12-33)32-9-4-3-5-10-32/h3-5,9-10,13-20,30,33,38-39,44,48,50H,6-8,11-12,21-29H2,1-2H3,(H-,45,47,49)/p+1/t30?,38-,39-,43?,46?/m0/s1. The zero-order chi connectivity index (χ0) is 36.3. The van der Waals surface area contributed by atoms with Gasteiger partial charge in [0.05, 0.1) is 44.5 Å². The molecule has 1 aliphatic carbocycles. The number of piperidine rings is 3. The molecule has 4 aromatic rings. The second kappa shape index (κ2) is 15.3. The van der Waals surface area contributed by atoms with Crippen molar-refractivity contribution in [3.8, 4) is 11.5 Å². The smallest absolute Gasteiger partial charge is 0.248 e. The van der Waals surface area contributed by atoms with E-state index < -0.39 is 17.2 Å². The van der Waals surface area contributed by atoms with Gasteiger partial charge in [-0.2, -0.15) is 0 Å². The topological polar surface area (TPSA) is 124 Å². The Labute approximate surface area is 307 Å². The Morgan fingerprint density at radius 3 is 2.38 bits per heavy atom. The highest BCUT2D eigenvalue weighted by molar-refractivity contribution is 5.87. The second-order valence-electron chi connectivity index (χ2n) is 16.2. The van der Waals surface area contributed by atoms with Crippen molar-refractivity contribution in [3.63, 3.8) is 0 Å². The van der Waals surface area contributed by atoms with Gasteiger partial charge >= 0.3 is 0 Å². The predicted molar refractivity (Wildman–Crippen MR) is 203 cm³/mol. The largest absolute Gasteiger partial charge is 0.506 e. The second-order valence-corrected chi connectivity index (χ2v) is 16.2. The number of H-pyrrole nitrogens is 1. The monoisotopic (exact) mass is 710 g/mol. The normalized spacial score (nSPS) is 23.8. The van der Waals surface area contributed by atoms with Gasteiger partial charge in [0.2, 0.25) is 5.56 Å². The van der Waals surface area contributed by atoms with E-state index in [1.165, 1.54) is 50.9 Å². The average molecular weight is 711 g/mol. The Morgan fingerprint density at radius 2 is 1.65 bits per heavy atom. The van der Waals surface area contributed by atoms with Gasteiger partial charge in [-0.3, -0.25) is 4.79 Å². The number of hydrogen-bond acceptors (Lipinski definition) is 7. The highest BCUT2D eigenvalue weighted by atomic mass is 16.5. The van der Waals surface area contributed by atoms with E-state index in [4.69, 9.17) is 9.47 Å². The molecule has 278 valence electrons. The summed E-state index contributed by atoms with van der Waals surface area (Å²) in [4.78, 5) is 14.4. The fourth-order valence-electron chi connectivity index (χ4n) is 9.20. The van der Waals surface area contributed by atoms with Gasteiger partial charge in [0.15, 0.2) is 0 Å². The number of rotatable bonds is 15. The predicted octanol–water partition coefficient (Wildman–Crippen LogP) is 6.26. The number of aliphatic hydroxyl groups is 2. The van der Waals surface area contributed by atoms with Crippen molar-refractivity contribution in [2.45, 2.75) is 82.1 Å². The van der Waals surface area contributed by atoms with E-state index in [0.717, 1.165) is 53.7 Å². The van der Waals surface area contributed by atoms with Crippen molar-refractivity contribution in [3.05, 3.63) is 106 Å². The molecule has 3 aliphatic heterocycles. The molecule has 4 aliphatic rings. The van der Waals surface area contributed by atoms with E-state index in [2.05, 4.69) is 48.4 Å². The van der Waals surface area contributed by atoms with Crippen molar-refractivity contribution in [2.75, 3.05) is 45.9 Å². The molecular weight excluding hydrogens is 654 g/mol. The Hall–Kier alpha value is -3.73. The van der Waals surface area contributed by atoms with E-state index in [1.54, 1.807) is 12.1 Å². The third kappa shape index (κ3) is 7.80. The lowest BCUT2D eigenvalue weighted by Gasteiger charge is -2.53. The number of phenols is 1. The van der Waals surface area contributed by atoms with Gasteiger partial charge in [-0.05, 0) is 73.6 Å². The van der Waals surface area contributed by atoms with Crippen LogP contribution in [0.25, 0.3) is 10.9 Å². The third-order valence-corrected chi connectivity index (χ3v) is 12.5. The summed E-state index contributed by atoms with van der Waals surface area (Å²) in [6.45, 7) is 9.96. The number of nitrogens with one attached hydrogen (secondary N) is 2. The van der Waals surface area contributed by atoms with Crippen LogP contribution in [0, 0.1) is 11.8 Å². The number of quaternary nitrogens is 1. The number of nitrogens with zero attached hydrogens (tertiary/aromatic N) is 1. The molecule has 0 radical (unpaired) electrons. The van der Waals surface area contributed by atoms with Crippen LogP contribution >= 0.6 is 0 Å².